The summed E-state index contributed by atoms with van der Waals surface area (Å²) in [6, 6.07) is 11.8. The van der Waals surface area contributed by atoms with Gasteiger partial charge >= 0.3 is 0 Å². The maximum atomic E-state index is 13.9. The van der Waals surface area contributed by atoms with Gasteiger partial charge in [-0.25, -0.2) is 9.67 Å². The van der Waals surface area contributed by atoms with E-state index in [4.69, 9.17) is 15.3 Å². The van der Waals surface area contributed by atoms with Crippen LogP contribution in [0.1, 0.15) is 74.3 Å². The Morgan fingerprint density at radius 2 is 1.79 bits per heavy atom. The number of nitriles is 1. The number of hydrogen-bond acceptors (Lipinski definition) is 5. The van der Waals surface area contributed by atoms with Crippen LogP contribution in [0, 0.1) is 18.3 Å². The van der Waals surface area contributed by atoms with Crippen molar-refractivity contribution < 1.29 is 4.79 Å². The topological polar surface area (TPSA) is 78.1 Å². The molecule has 0 aliphatic carbocycles. The Labute approximate surface area is 202 Å². The van der Waals surface area contributed by atoms with E-state index in [1.807, 2.05) is 46.8 Å². The SMILES string of the molecule is Cc1nn(C(C)(C)C)c2nc(C(C)C)cc(C(=O)N3CCCN(c4ccc(C#N)cc4)CC3)c12. The summed E-state index contributed by atoms with van der Waals surface area (Å²) in [5.74, 6) is 0.253. The lowest BCUT2D eigenvalue weighted by molar-refractivity contribution is 0.0768. The van der Waals surface area contributed by atoms with Crippen LogP contribution in [0.15, 0.2) is 30.3 Å². The molecule has 3 heterocycles. The molecule has 3 aromatic rings. The van der Waals surface area contributed by atoms with Crippen molar-refractivity contribution in [2.24, 2.45) is 0 Å². The Morgan fingerprint density at radius 1 is 1.09 bits per heavy atom. The maximum Gasteiger partial charge on any atom is 0.254 e. The van der Waals surface area contributed by atoms with E-state index in [0.29, 0.717) is 24.2 Å². The third kappa shape index (κ3) is 4.50. The highest BCUT2D eigenvalue weighted by Gasteiger charge is 2.28. The minimum absolute atomic E-state index is 0.0486. The van der Waals surface area contributed by atoms with Crippen LogP contribution in [0.25, 0.3) is 11.0 Å². The van der Waals surface area contributed by atoms with Crippen molar-refractivity contribution in [2.45, 2.75) is 59.4 Å². The molecule has 1 aliphatic rings. The van der Waals surface area contributed by atoms with E-state index in [2.05, 4.69) is 45.6 Å². The highest BCUT2D eigenvalue weighted by Crippen LogP contribution is 2.30. The second-order valence-corrected chi connectivity index (χ2v) is 10.4. The molecular weight excluding hydrogens is 424 g/mol. The number of nitrogens with zero attached hydrogens (tertiary/aromatic N) is 6. The molecular formula is C27H34N6O. The van der Waals surface area contributed by atoms with Gasteiger partial charge in [0.2, 0.25) is 0 Å². The van der Waals surface area contributed by atoms with Crippen LogP contribution in [0.5, 0.6) is 0 Å². The number of carbonyl (C=O) groups is 1. The fraction of sp³-hybridized carbons (Fsp3) is 0.481. The molecule has 0 saturated carbocycles. The van der Waals surface area contributed by atoms with Gasteiger partial charge in [-0.1, -0.05) is 13.8 Å². The highest BCUT2D eigenvalue weighted by molar-refractivity contribution is 6.06. The van der Waals surface area contributed by atoms with E-state index < -0.39 is 0 Å². The van der Waals surface area contributed by atoms with Crippen LogP contribution in [-0.2, 0) is 5.54 Å². The number of aryl methyl sites for hydroxylation is 1. The average Bonchev–Trinajstić information content (AvgIpc) is 2.98. The van der Waals surface area contributed by atoms with E-state index in [-0.39, 0.29) is 17.4 Å². The Bertz CT molecular complexity index is 1240. The normalized spacial score (nSPS) is 15.0. The molecule has 1 aliphatic heterocycles. The summed E-state index contributed by atoms with van der Waals surface area (Å²) >= 11 is 0. The van der Waals surface area contributed by atoms with E-state index in [0.717, 1.165) is 47.6 Å². The van der Waals surface area contributed by atoms with Crippen LogP contribution in [-0.4, -0.2) is 51.8 Å². The second-order valence-electron chi connectivity index (χ2n) is 10.4. The van der Waals surface area contributed by atoms with E-state index in [9.17, 15) is 4.79 Å². The number of aromatic nitrogens is 3. The van der Waals surface area contributed by atoms with Crippen molar-refractivity contribution in [3.63, 3.8) is 0 Å². The molecule has 0 radical (unpaired) electrons. The number of benzene rings is 1. The zero-order valence-corrected chi connectivity index (χ0v) is 21.1. The standard InChI is InChI=1S/C27H34N6O/c1-18(2)23-16-22(24-19(3)30-33(25(24)29-23)27(4,5)6)26(34)32-13-7-12-31(14-15-32)21-10-8-20(17-28)9-11-21/h8-11,16,18H,7,12-15H2,1-6H3. The maximum absolute atomic E-state index is 13.9. The summed E-state index contributed by atoms with van der Waals surface area (Å²) in [6.07, 6.45) is 0.886. The quantitative estimate of drug-likeness (QED) is 0.561. The van der Waals surface area contributed by atoms with Crippen LogP contribution < -0.4 is 4.90 Å². The lowest BCUT2D eigenvalue weighted by atomic mass is 10.0. The molecule has 7 nitrogen and oxygen atoms in total. The molecule has 0 N–H and O–H groups in total. The zero-order valence-electron chi connectivity index (χ0n) is 21.1. The summed E-state index contributed by atoms with van der Waals surface area (Å²) in [6.45, 7) is 15.5. The molecule has 34 heavy (non-hydrogen) atoms. The predicted molar refractivity (Wildman–Crippen MR) is 135 cm³/mol. The largest absolute Gasteiger partial charge is 0.370 e. The monoisotopic (exact) mass is 458 g/mol. The first-order valence-corrected chi connectivity index (χ1v) is 12.0. The van der Waals surface area contributed by atoms with Gasteiger partial charge in [0.15, 0.2) is 5.65 Å². The van der Waals surface area contributed by atoms with Crippen molar-refractivity contribution in [1.82, 2.24) is 19.7 Å². The molecule has 1 saturated heterocycles. The van der Waals surface area contributed by atoms with Crippen LogP contribution in [0.2, 0.25) is 0 Å². The van der Waals surface area contributed by atoms with E-state index >= 15 is 0 Å². The number of pyridine rings is 1. The van der Waals surface area contributed by atoms with Gasteiger partial charge in [-0.05, 0) is 70.4 Å². The van der Waals surface area contributed by atoms with Crippen molar-refractivity contribution in [2.75, 3.05) is 31.1 Å². The van der Waals surface area contributed by atoms with Crippen molar-refractivity contribution in [3.8, 4) is 6.07 Å². The molecule has 2 aromatic heterocycles. The van der Waals surface area contributed by atoms with Gasteiger partial charge in [-0.3, -0.25) is 4.79 Å². The predicted octanol–water partition coefficient (Wildman–Crippen LogP) is 4.84. The van der Waals surface area contributed by atoms with Crippen LogP contribution >= 0.6 is 0 Å². The Kier molecular flexibility index (Phi) is 6.35. The number of hydrogen-bond donors (Lipinski definition) is 0. The minimum atomic E-state index is -0.236. The van der Waals surface area contributed by atoms with Gasteiger partial charge in [-0.2, -0.15) is 10.4 Å². The summed E-state index contributed by atoms with van der Waals surface area (Å²) < 4.78 is 1.95. The third-order valence-electron chi connectivity index (χ3n) is 6.43. The van der Waals surface area contributed by atoms with Gasteiger partial charge in [0.1, 0.15) is 0 Å². The number of fused-ring (bicyclic) bond motifs is 1. The Balaban J connectivity index is 1.67. The molecule has 178 valence electrons. The first-order chi connectivity index (χ1) is 16.1. The molecule has 4 rings (SSSR count). The molecule has 0 atom stereocenters. The summed E-state index contributed by atoms with van der Waals surface area (Å²) in [7, 11) is 0. The first kappa shape index (κ1) is 23.7. The third-order valence-corrected chi connectivity index (χ3v) is 6.43. The molecule has 1 amide bonds. The summed E-state index contributed by atoms with van der Waals surface area (Å²) in [5.41, 5.74) is 4.75. The molecule has 7 heteroatoms. The molecule has 0 unspecified atom stereocenters. The van der Waals surface area contributed by atoms with E-state index in [1.54, 1.807) is 0 Å². The van der Waals surface area contributed by atoms with E-state index in [1.165, 1.54) is 0 Å². The molecule has 1 fully saturated rings. The molecule has 0 spiro atoms. The van der Waals surface area contributed by atoms with Gasteiger partial charge in [0.25, 0.3) is 5.91 Å². The lowest BCUT2D eigenvalue weighted by Crippen LogP contribution is -2.35. The zero-order chi connectivity index (χ0) is 24.6. The minimum Gasteiger partial charge on any atom is -0.370 e. The van der Waals surface area contributed by atoms with Crippen LogP contribution in [0.4, 0.5) is 5.69 Å². The number of anilines is 1. The summed E-state index contributed by atoms with van der Waals surface area (Å²) in [4.78, 5) is 23.1. The first-order valence-electron chi connectivity index (χ1n) is 12.0. The number of rotatable bonds is 3. The van der Waals surface area contributed by atoms with Crippen molar-refractivity contribution in [1.29, 1.82) is 5.26 Å². The van der Waals surface area contributed by atoms with Crippen LogP contribution in [0.3, 0.4) is 0 Å². The van der Waals surface area contributed by atoms with Gasteiger partial charge in [-0.15, -0.1) is 0 Å². The van der Waals surface area contributed by atoms with Crippen molar-refractivity contribution >= 4 is 22.6 Å². The Morgan fingerprint density at radius 3 is 2.41 bits per heavy atom. The van der Waals surface area contributed by atoms with Gasteiger partial charge < -0.3 is 9.80 Å². The van der Waals surface area contributed by atoms with Gasteiger partial charge in [0.05, 0.1) is 33.8 Å². The smallest absolute Gasteiger partial charge is 0.254 e. The van der Waals surface area contributed by atoms with Gasteiger partial charge in [0, 0.05) is 37.6 Å². The summed E-state index contributed by atoms with van der Waals surface area (Å²) in [5, 5.41) is 14.7. The average molecular weight is 459 g/mol. The molecule has 0 bridgehead atoms. The number of amides is 1. The second kappa shape index (κ2) is 9.09. The molecule has 1 aromatic carbocycles. The Hall–Kier alpha value is -3.40. The fourth-order valence-corrected chi connectivity index (χ4v) is 4.54. The van der Waals surface area contributed by atoms with Crippen molar-refractivity contribution in [3.05, 3.63) is 52.8 Å². The highest BCUT2D eigenvalue weighted by atomic mass is 16.2. The fourth-order valence-electron chi connectivity index (χ4n) is 4.54. The number of carbonyl (C=O) groups excluding carboxylic acids is 1. The lowest BCUT2D eigenvalue weighted by Gasteiger charge is -2.24.